The molecule has 2 rings (SSSR count). The van der Waals surface area contributed by atoms with E-state index in [1.54, 1.807) is 7.11 Å². The Kier molecular flexibility index (Phi) is 5.11. The molecule has 0 aliphatic carbocycles. The van der Waals surface area contributed by atoms with Crippen LogP contribution in [-0.4, -0.2) is 31.2 Å². The van der Waals surface area contributed by atoms with Crippen LogP contribution >= 0.6 is 0 Å². The van der Waals surface area contributed by atoms with Crippen LogP contribution in [-0.2, 0) is 17.8 Å². The van der Waals surface area contributed by atoms with Gasteiger partial charge in [-0.1, -0.05) is 19.1 Å². The summed E-state index contributed by atoms with van der Waals surface area (Å²) in [5, 5.41) is 3.06. The van der Waals surface area contributed by atoms with Crippen molar-refractivity contribution in [3.8, 4) is 0 Å². The Balaban J connectivity index is 2.31. The third kappa shape index (κ3) is 3.70. The second kappa shape index (κ2) is 7.04. The molecule has 0 bridgehead atoms. The van der Waals surface area contributed by atoms with Crippen molar-refractivity contribution in [3.05, 3.63) is 41.7 Å². The second-order valence-electron chi connectivity index (χ2n) is 4.79. The van der Waals surface area contributed by atoms with Gasteiger partial charge in [-0.15, -0.1) is 0 Å². The first-order chi connectivity index (χ1) is 10.2. The van der Waals surface area contributed by atoms with Crippen molar-refractivity contribution in [2.45, 2.75) is 20.0 Å². The third-order valence-electron chi connectivity index (χ3n) is 3.36. The molecule has 5 nitrogen and oxygen atoms in total. The predicted octanol–water partition coefficient (Wildman–Crippen LogP) is 3.00. The molecule has 0 atom stereocenters. The summed E-state index contributed by atoms with van der Waals surface area (Å²) < 4.78 is 5.13. The van der Waals surface area contributed by atoms with Crippen LogP contribution < -0.4 is 10.2 Å². The fourth-order valence-electron chi connectivity index (χ4n) is 2.06. The second-order valence-corrected chi connectivity index (χ2v) is 4.79. The summed E-state index contributed by atoms with van der Waals surface area (Å²) in [6, 6.07) is 10.4. The predicted molar refractivity (Wildman–Crippen MR) is 86.2 cm³/mol. The lowest BCUT2D eigenvalue weighted by Gasteiger charge is -2.20. The summed E-state index contributed by atoms with van der Waals surface area (Å²) in [5.41, 5.74) is 2.42. The van der Waals surface area contributed by atoms with E-state index in [4.69, 9.17) is 4.74 Å². The summed E-state index contributed by atoms with van der Waals surface area (Å²) in [6.45, 7) is 2.55. The smallest absolute Gasteiger partial charge is 0.158 e. The SMILES string of the molecule is CCc1ccc(N(C)c2cc(NC)nc(COC)n2)cc1. The number of hydrogen-bond donors (Lipinski definition) is 1. The molecule has 5 heteroatoms. The summed E-state index contributed by atoms with van der Waals surface area (Å²) in [6.07, 6.45) is 1.04. The molecule has 1 heterocycles. The molecule has 0 saturated heterocycles. The molecule has 1 N–H and O–H groups in total. The number of nitrogens with zero attached hydrogens (tertiary/aromatic N) is 3. The highest BCUT2D eigenvalue weighted by atomic mass is 16.5. The number of benzene rings is 1. The van der Waals surface area contributed by atoms with E-state index >= 15 is 0 Å². The normalized spacial score (nSPS) is 10.5. The average Bonchev–Trinajstić information content (AvgIpc) is 2.54. The summed E-state index contributed by atoms with van der Waals surface area (Å²) in [5.74, 6) is 2.28. The Bertz CT molecular complexity index is 583. The van der Waals surface area contributed by atoms with Gasteiger partial charge in [0.25, 0.3) is 0 Å². The zero-order valence-corrected chi connectivity index (χ0v) is 13.1. The third-order valence-corrected chi connectivity index (χ3v) is 3.36. The molecular formula is C16H22N4O. The largest absolute Gasteiger partial charge is 0.377 e. The maximum absolute atomic E-state index is 5.13. The monoisotopic (exact) mass is 286 g/mol. The minimum absolute atomic E-state index is 0.394. The Hall–Kier alpha value is -2.14. The van der Waals surface area contributed by atoms with Crippen molar-refractivity contribution < 1.29 is 4.74 Å². The van der Waals surface area contributed by atoms with Crippen molar-refractivity contribution in [1.29, 1.82) is 0 Å². The maximum Gasteiger partial charge on any atom is 0.158 e. The van der Waals surface area contributed by atoms with E-state index in [1.165, 1.54) is 5.56 Å². The molecule has 1 aromatic carbocycles. The van der Waals surface area contributed by atoms with Gasteiger partial charge in [0.2, 0.25) is 0 Å². The number of aromatic nitrogens is 2. The summed E-state index contributed by atoms with van der Waals surface area (Å²) in [7, 11) is 5.49. The molecular weight excluding hydrogens is 264 g/mol. The maximum atomic E-state index is 5.13. The standard InChI is InChI=1S/C16H22N4O/c1-5-12-6-8-13(9-7-12)20(3)16-10-14(17-2)18-15(19-16)11-21-4/h6-10H,5,11H2,1-4H3,(H,17,18,19). The minimum atomic E-state index is 0.394. The molecule has 0 aliphatic heterocycles. The first kappa shape index (κ1) is 15.3. The van der Waals surface area contributed by atoms with E-state index in [0.29, 0.717) is 12.4 Å². The van der Waals surface area contributed by atoms with Crippen molar-refractivity contribution in [2.24, 2.45) is 0 Å². The van der Waals surface area contributed by atoms with E-state index in [9.17, 15) is 0 Å². The Morgan fingerprint density at radius 1 is 1.19 bits per heavy atom. The average molecular weight is 286 g/mol. The molecule has 21 heavy (non-hydrogen) atoms. The van der Waals surface area contributed by atoms with E-state index in [-0.39, 0.29) is 0 Å². The lowest BCUT2D eigenvalue weighted by Crippen LogP contribution is -2.14. The van der Waals surface area contributed by atoms with Crippen molar-refractivity contribution >= 4 is 17.3 Å². The van der Waals surface area contributed by atoms with Gasteiger partial charge >= 0.3 is 0 Å². The number of anilines is 3. The van der Waals surface area contributed by atoms with Gasteiger partial charge < -0.3 is 15.0 Å². The number of aryl methyl sites for hydroxylation is 1. The van der Waals surface area contributed by atoms with E-state index in [1.807, 2.05) is 25.1 Å². The van der Waals surface area contributed by atoms with E-state index in [2.05, 4.69) is 46.5 Å². The Morgan fingerprint density at radius 3 is 2.48 bits per heavy atom. The van der Waals surface area contributed by atoms with Crippen LogP contribution in [0.15, 0.2) is 30.3 Å². The van der Waals surface area contributed by atoms with Gasteiger partial charge in [0.1, 0.15) is 18.2 Å². The van der Waals surface area contributed by atoms with Gasteiger partial charge in [-0.05, 0) is 24.1 Å². The van der Waals surface area contributed by atoms with Gasteiger partial charge in [-0.2, -0.15) is 0 Å². The van der Waals surface area contributed by atoms with Gasteiger partial charge in [0.05, 0.1) is 0 Å². The molecule has 1 aromatic heterocycles. The number of ether oxygens (including phenoxy) is 1. The van der Waals surface area contributed by atoms with Crippen LogP contribution in [0.2, 0.25) is 0 Å². The van der Waals surface area contributed by atoms with Gasteiger partial charge in [-0.3, -0.25) is 0 Å². The number of nitrogens with one attached hydrogen (secondary N) is 1. The first-order valence-electron chi connectivity index (χ1n) is 7.05. The van der Waals surface area contributed by atoms with Gasteiger partial charge in [0.15, 0.2) is 5.82 Å². The number of methoxy groups -OCH3 is 1. The Morgan fingerprint density at radius 2 is 1.90 bits per heavy atom. The molecule has 0 aliphatic rings. The molecule has 0 spiro atoms. The van der Waals surface area contributed by atoms with Crippen LogP contribution in [0.5, 0.6) is 0 Å². The highest BCUT2D eigenvalue weighted by Gasteiger charge is 2.09. The van der Waals surface area contributed by atoms with Crippen molar-refractivity contribution in [2.75, 3.05) is 31.4 Å². The fourth-order valence-corrected chi connectivity index (χ4v) is 2.06. The van der Waals surface area contributed by atoms with Crippen LogP contribution in [0.4, 0.5) is 17.3 Å². The van der Waals surface area contributed by atoms with Crippen LogP contribution in [0.25, 0.3) is 0 Å². The lowest BCUT2D eigenvalue weighted by atomic mass is 10.1. The highest BCUT2D eigenvalue weighted by Crippen LogP contribution is 2.24. The summed E-state index contributed by atoms with van der Waals surface area (Å²) in [4.78, 5) is 11.0. The fraction of sp³-hybridized carbons (Fsp3) is 0.375. The van der Waals surface area contributed by atoms with Gasteiger partial charge in [-0.25, -0.2) is 9.97 Å². The molecule has 2 aromatic rings. The molecule has 0 saturated carbocycles. The first-order valence-corrected chi connectivity index (χ1v) is 7.05. The number of hydrogen-bond acceptors (Lipinski definition) is 5. The zero-order chi connectivity index (χ0) is 15.2. The Labute approximate surface area is 126 Å². The van der Waals surface area contributed by atoms with Crippen LogP contribution in [0, 0.1) is 0 Å². The van der Waals surface area contributed by atoms with Gasteiger partial charge in [0, 0.05) is 33.0 Å². The minimum Gasteiger partial charge on any atom is -0.377 e. The molecule has 0 fully saturated rings. The van der Waals surface area contributed by atoms with Crippen LogP contribution in [0.1, 0.15) is 18.3 Å². The van der Waals surface area contributed by atoms with Crippen molar-refractivity contribution in [3.63, 3.8) is 0 Å². The molecule has 0 radical (unpaired) electrons. The molecule has 0 amide bonds. The van der Waals surface area contributed by atoms with E-state index < -0.39 is 0 Å². The molecule has 0 unspecified atom stereocenters. The van der Waals surface area contributed by atoms with E-state index in [0.717, 1.165) is 23.7 Å². The summed E-state index contributed by atoms with van der Waals surface area (Å²) >= 11 is 0. The van der Waals surface area contributed by atoms with Crippen molar-refractivity contribution in [1.82, 2.24) is 9.97 Å². The highest BCUT2D eigenvalue weighted by molar-refractivity contribution is 5.62. The topological polar surface area (TPSA) is 50.3 Å². The van der Waals surface area contributed by atoms with Crippen LogP contribution in [0.3, 0.4) is 0 Å². The molecule has 112 valence electrons. The quantitative estimate of drug-likeness (QED) is 0.884. The number of rotatable bonds is 6. The zero-order valence-electron chi connectivity index (χ0n) is 13.1. The lowest BCUT2D eigenvalue weighted by molar-refractivity contribution is 0.178.